The van der Waals surface area contributed by atoms with Crippen molar-refractivity contribution in [2.24, 2.45) is 0 Å². The number of unbranched alkanes of at least 4 members (excludes halogenated alkanes) is 1. The molecule has 3 nitrogen and oxygen atoms in total. The Morgan fingerprint density at radius 3 is 2.52 bits per heavy atom. The number of carbonyl (C=O) groups is 1. The molecule has 2 aromatic carbocycles. The van der Waals surface area contributed by atoms with E-state index in [1.165, 1.54) is 0 Å². The number of anilines is 1. The lowest BCUT2D eigenvalue weighted by Crippen LogP contribution is -2.15. The van der Waals surface area contributed by atoms with Crippen LogP contribution < -0.4 is 10.1 Å². The van der Waals surface area contributed by atoms with E-state index in [9.17, 15) is 4.79 Å². The van der Waals surface area contributed by atoms with Gasteiger partial charge in [0.2, 0.25) is 0 Å². The quantitative estimate of drug-likeness (QED) is 0.858. The van der Waals surface area contributed by atoms with Crippen molar-refractivity contribution in [3.05, 3.63) is 59.7 Å². The summed E-state index contributed by atoms with van der Waals surface area (Å²) in [6.07, 6.45) is 2.96. The van der Waals surface area contributed by atoms with Crippen LogP contribution in [0.2, 0.25) is 0 Å². The maximum Gasteiger partial charge on any atom is 0.256 e. The van der Waals surface area contributed by atoms with Crippen LogP contribution in [0.3, 0.4) is 0 Å². The van der Waals surface area contributed by atoms with Crippen LogP contribution in [0, 0.1) is 0 Å². The number of carbonyl (C=O) groups excluding carboxylic acids is 1. The average Bonchev–Trinajstić information content (AvgIpc) is 2.53. The van der Waals surface area contributed by atoms with Crippen molar-refractivity contribution in [1.82, 2.24) is 0 Å². The van der Waals surface area contributed by atoms with Gasteiger partial charge in [0.25, 0.3) is 5.91 Å². The molecule has 0 aliphatic rings. The molecule has 0 aliphatic carbocycles. The molecule has 0 aromatic heterocycles. The molecule has 0 fully saturated rings. The molecule has 0 heterocycles. The van der Waals surface area contributed by atoms with Gasteiger partial charge >= 0.3 is 0 Å². The van der Waals surface area contributed by atoms with Crippen LogP contribution in [-0.2, 0) is 6.42 Å². The van der Waals surface area contributed by atoms with Crippen molar-refractivity contribution >= 4 is 11.6 Å². The molecule has 3 heteroatoms. The number of hydrogen-bond acceptors (Lipinski definition) is 2. The number of ether oxygens (including phenoxy) is 1. The van der Waals surface area contributed by atoms with Crippen molar-refractivity contribution in [3.63, 3.8) is 0 Å². The Balaban J connectivity index is 2.27. The number of amides is 1. The van der Waals surface area contributed by atoms with Crippen molar-refractivity contribution < 1.29 is 9.53 Å². The highest BCUT2D eigenvalue weighted by atomic mass is 16.5. The maximum absolute atomic E-state index is 12.5. The molecular weight excluding hydrogens is 262 g/mol. The summed E-state index contributed by atoms with van der Waals surface area (Å²) in [5.41, 5.74) is 2.47. The second kappa shape index (κ2) is 7.48. The molecule has 0 saturated heterocycles. The molecule has 110 valence electrons. The van der Waals surface area contributed by atoms with E-state index in [-0.39, 0.29) is 5.91 Å². The van der Waals surface area contributed by atoms with E-state index in [0.29, 0.717) is 5.56 Å². The topological polar surface area (TPSA) is 38.3 Å². The first-order chi connectivity index (χ1) is 10.3. The first-order valence-corrected chi connectivity index (χ1v) is 7.28. The summed E-state index contributed by atoms with van der Waals surface area (Å²) in [5.74, 6) is 0.690. The van der Waals surface area contributed by atoms with Crippen LogP contribution in [0.4, 0.5) is 5.69 Å². The number of para-hydroxylation sites is 1. The molecular formula is C18H21NO2. The molecule has 2 rings (SSSR count). The molecule has 0 spiro atoms. The number of nitrogens with one attached hydrogen (secondary N) is 1. The molecule has 0 saturated carbocycles. The molecule has 2 aromatic rings. The first kappa shape index (κ1) is 15.1. The van der Waals surface area contributed by atoms with Gasteiger partial charge in [0.1, 0.15) is 5.75 Å². The largest absolute Gasteiger partial charge is 0.496 e. The minimum atomic E-state index is -0.0915. The van der Waals surface area contributed by atoms with E-state index in [0.717, 1.165) is 36.3 Å². The normalized spacial score (nSPS) is 10.2. The van der Waals surface area contributed by atoms with Crippen LogP contribution in [0.25, 0.3) is 0 Å². The minimum Gasteiger partial charge on any atom is -0.496 e. The van der Waals surface area contributed by atoms with E-state index < -0.39 is 0 Å². The number of methoxy groups -OCH3 is 1. The second-order valence-electron chi connectivity index (χ2n) is 4.91. The SMILES string of the molecule is CCCCc1c(OC)cccc1C(=O)Nc1ccccc1. The van der Waals surface area contributed by atoms with Gasteiger partial charge in [-0.15, -0.1) is 0 Å². The average molecular weight is 283 g/mol. The van der Waals surface area contributed by atoms with E-state index in [1.807, 2.05) is 48.5 Å². The predicted molar refractivity (Wildman–Crippen MR) is 86.0 cm³/mol. The Hall–Kier alpha value is -2.29. The number of rotatable bonds is 6. The summed E-state index contributed by atoms with van der Waals surface area (Å²) in [6, 6.07) is 15.1. The monoisotopic (exact) mass is 283 g/mol. The molecule has 1 N–H and O–H groups in total. The Morgan fingerprint density at radius 2 is 1.86 bits per heavy atom. The zero-order valence-electron chi connectivity index (χ0n) is 12.6. The van der Waals surface area contributed by atoms with Gasteiger partial charge in [-0.05, 0) is 37.1 Å². The lowest BCUT2D eigenvalue weighted by molar-refractivity contribution is 0.102. The van der Waals surface area contributed by atoms with Gasteiger partial charge < -0.3 is 10.1 Å². The van der Waals surface area contributed by atoms with Gasteiger partial charge in [-0.1, -0.05) is 37.6 Å². The molecule has 0 atom stereocenters. The predicted octanol–water partition coefficient (Wildman–Crippen LogP) is 4.29. The fourth-order valence-corrected chi connectivity index (χ4v) is 2.30. The fraction of sp³-hybridized carbons (Fsp3) is 0.278. The minimum absolute atomic E-state index is 0.0915. The molecule has 1 amide bonds. The Bertz CT molecular complexity index is 593. The zero-order chi connectivity index (χ0) is 15.1. The molecule has 0 aliphatic heterocycles. The van der Waals surface area contributed by atoms with Crippen molar-refractivity contribution in [2.45, 2.75) is 26.2 Å². The number of benzene rings is 2. The van der Waals surface area contributed by atoms with E-state index in [1.54, 1.807) is 7.11 Å². The van der Waals surface area contributed by atoms with Crippen molar-refractivity contribution in [2.75, 3.05) is 12.4 Å². The van der Waals surface area contributed by atoms with Crippen molar-refractivity contribution in [3.8, 4) is 5.75 Å². The van der Waals surface area contributed by atoms with Gasteiger partial charge in [-0.25, -0.2) is 0 Å². The van der Waals surface area contributed by atoms with Crippen LogP contribution in [0.5, 0.6) is 5.75 Å². The summed E-state index contributed by atoms with van der Waals surface area (Å²) < 4.78 is 5.40. The van der Waals surface area contributed by atoms with Crippen LogP contribution in [0.1, 0.15) is 35.7 Å². The first-order valence-electron chi connectivity index (χ1n) is 7.28. The van der Waals surface area contributed by atoms with Crippen LogP contribution in [-0.4, -0.2) is 13.0 Å². The van der Waals surface area contributed by atoms with Gasteiger partial charge in [0.15, 0.2) is 0 Å². The van der Waals surface area contributed by atoms with Gasteiger partial charge in [0, 0.05) is 16.8 Å². The van der Waals surface area contributed by atoms with Crippen LogP contribution in [0.15, 0.2) is 48.5 Å². The summed E-state index contributed by atoms with van der Waals surface area (Å²) >= 11 is 0. The highest BCUT2D eigenvalue weighted by molar-refractivity contribution is 6.05. The van der Waals surface area contributed by atoms with Gasteiger partial charge in [0.05, 0.1) is 7.11 Å². The third-order valence-corrected chi connectivity index (χ3v) is 3.41. The van der Waals surface area contributed by atoms with E-state index in [2.05, 4.69) is 12.2 Å². The summed E-state index contributed by atoms with van der Waals surface area (Å²) in [7, 11) is 1.64. The van der Waals surface area contributed by atoms with Gasteiger partial charge in [-0.2, -0.15) is 0 Å². The molecule has 0 radical (unpaired) electrons. The Labute approximate surface area is 126 Å². The summed E-state index contributed by atoms with van der Waals surface area (Å²) in [5, 5.41) is 2.93. The Kier molecular flexibility index (Phi) is 5.38. The Morgan fingerprint density at radius 1 is 1.10 bits per heavy atom. The lowest BCUT2D eigenvalue weighted by atomic mass is 10.00. The van der Waals surface area contributed by atoms with Crippen molar-refractivity contribution in [1.29, 1.82) is 0 Å². The third kappa shape index (κ3) is 3.85. The lowest BCUT2D eigenvalue weighted by Gasteiger charge is -2.13. The number of hydrogen-bond donors (Lipinski definition) is 1. The summed E-state index contributed by atoms with van der Waals surface area (Å²) in [6.45, 7) is 2.14. The van der Waals surface area contributed by atoms with Gasteiger partial charge in [-0.3, -0.25) is 4.79 Å². The highest BCUT2D eigenvalue weighted by Gasteiger charge is 2.15. The second-order valence-corrected chi connectivity index (χ2v) is 4.91. The fourth-order valence-electron chi connectivity index (χ4n) is 2.30. The van der Waals surface area contributed by atoms with E-state index in [4.69, 9.17) is 4.74 Å². The molecule has 21 heavy (non-hydrogen) atoms. The highest BCUT2D eigenvalue weighted by Crippen LogP contribution is 2.25. The standard InChI is InChI=1S/C18H21NO2/c1-3-4-11-15-16(12-8-13-17(15)21-2)18(20)19-14-9-6-5-7-10-14/h5-10,12-13H,3-4,11H2,1-2H3,(H,19,20). The molecule has 0 unspecified atom stereocenters. The summed E-state index contributed by atoms with van der Waals surface area (Å²) in [4.78, 5) is 12.5. The maximum atomic E-state index is 12.5. The third-order valence-electron chi connectivity index (χ3n) is 3.41. The van der Waals surface area contributed by atoms with E-state index >= 15 is 0 Å². The van der Waals surface area contributed by atoms with Crippen LogP contribution >= 0.6 is 0 Å². The smallest absolute Gasteiger partial charge is 0.256 e. The zero-order valence-corrected chi connectivity index (χ0v) is 12.6. The molecule has 0 bridgehead atoms.